The minimum atomic E-state index is -0.817. The highest BCUT2D eigenvalue weighted by Crippen LogP contribution is 2.30. The van der Waals surface area contributed by atoms with Crippen LogP contribution in [0.2, 0.25) is 0 Å². The highest BCUT2D eigenvalue weighted by atomic mass is 19.1. The van der Waals surface area contributed by atoms with E-state index in [4.69, 9.17) is 5.26 Å². The number of nitriles is 1. The van der Waals surface area contributed by atoms with E-state index in [0.29, 0.717) is 24.9 Å². The number of carbonyl (C=O) groups excluding carboxylic acids is 2. The molecule has 1 aliphatic rings. The molecule has 4 nitrogen and oxygen atoms in total. The lowest BCUT2D eigenvalue weighted by atomic mass is 9.91. The maximum Gasteiger partial charge on any atom is 0.237 e. The van der Waals surface area contributed by atoms with Crippen LogP contribution in [0.25, 0.3) is 0 Å². The fraction of sp³-hybridized carbons (Fsp3) is 0.400. The predicted molar refractivity (Wildman–Crippen MR) is 71.5 cm³/mol. The van der Waals surface area contributed by atoms with Crippen LogP contribution >= 0.6 is 0 Å². The molecule has 0 N–H and O–H groups in total. The van der Waals surface area contributed by atoms with Gasteiger partial charge in [0.15, 0.2) is 5.78 Å². The molecule has 1 saturated heterocycles. The molecule has 0 aromatic heterocycles. The highest BCUT2D eigenvalue weighted by molar-refractivity contribution is 6.09. The largest absolute Gasteiger partial charge is 0.309 e. The number of nitrogens with zero attached hydrogens (tertiary/aromatic N) is 2. The number of halogens is 1. The smallest absolute Gasteiger partial charge is 0.237 e. The average Bonchev–Trinajstić information content (AvgIpc) is 2.40. The molecule has 1 amide bonds. The molecule has 20 heavy (non-hydrogen) atoms. The fourth-order valence-electron chi connectivity index (χ4n) is 2.56. The predicted octanol–water partition coefficient (Wildman–Crippen LogP) is 2.36. The number of aryl methyl sites for hydroxylation is 1. The Bertz CT molecular complexity index is 572. The van der Waals surface area contributed by atoms with Gasteiger partial charge in [0.25, 0.3) is 0 Å². The van der Waals surface area contributed by atoms with Crippen molar-refractivity contribution < 1.29 is 14.0 Å². The Morgan fingerprint density at radius 1 is 1.55 bits per heavy atom. The van der Waals surface area contributed by atoms with Crippen LogP contribution < -0.4 is 4.90 Å². The third-order valence-electron chi connectivity index (χ3n) is 3.54. The van der Waals surface area contributed by atoms with E-state index in [2.05, 4.69) is 0 Å². The summed E-state index contributed by atoms with van der Waals surface area (Å²) in [4.78, 5) is 25.5. The van der Waals surface area contributed by atoms with Crippen LogP contribution in [0.5, 0.6) is 0 Å². The number of ketones is 1. The van der Waals surface area contributed by atoms with Crippen molar-refractivity contribution in [1.29, 1.82) is 5.26 Å². The van der Waals surface area contributed by atoms with E-state index in [0.717, 1.165) is 0 Å². The molecule has 1 fully saturated rings. The maximum absolute atomic E-state index is 14.0. The van der Waals surface area contributed by atoms with Gasteiger partial charge in [-0.3, -0.25) is 9.59 Å². The lowest BCUT2D eigenvalue weighted by Gasteiger charge is -2.32. The fourth-order valence-corrected chi connectivity index (χ4v) is 2.56. The SMILES string of the molecule is Cc1cccc(F)c1N1CCCC(C(=O)CC#N)C1=O. The molecule has 104 valence electrons. The quantitative estimate of drug-likeness (QED) is 0.795. The van der Waals surface area contributed by atoms with Crippen LogP contribution in [0.15, 0.2) is 18.2 Å². The van der Waals surface area contributed by atoms with Crippen molar-refractivity contribution in [2.45, 2.75) is 26.2 Å². The second kappa shape index (κ2) is 5.83. The second-order valence-electron chi connectivity index (χ2n) is 4.89. The number of amides is 1. The van der Waals surface area contributed by atoms with Gasteiger partial charge in [0, 0.05) is 6.54 Å². The summed E-state index contributed by atoms with van der Waals surface area (Å²) in [5.41, 5.74) is 0.902. The number of benzene rings is 1. The summed E-state index contributed by atoms with van der Waals surface area (Å²) in [7, 11) is 0. The summed E-state index contributed by atoms with van der Waals surface area (Å²) >= 11 is 0. The third-order valence-corrected chi connectivity index (χ3v) is 3.54. The summed E-state index contributed by atoms with van der Waals surface area (Å²) < 4.78 is 14.0. The molecular formula is C15H15FN2O2. The van der Waals surface area contributed by atoms with Crippen molar-refractivity contribution in [1.82, 2.24) is 0 Å². The molecule has 5 heteroatoms. The van der Waals surface area contributed by atoms with Crippen LogP contribution in [-0.2, 0) is 9.59 Å². The van der Waals surface area contributed by atoms with Crippen molar-refractivity contribution >= 4 is 17.4 Å². The normalized spacial score (nSPS) is 18.8. The Morgan fingerprint density at radius 2 is 2.30 bits per heavy atom. The number of para-hydroxylation sites is 1. The van der Waals surface area contributed by atoms with Crippen LogP contribution in [0, 0.1) is 30.0 Å². The van der Waals surface area contributed by atoms with E-state index in [1.807, 2.05) is 0 Å². The summed E-state index contributed by atoms with van der Waals surface area (Å²) in [5, 5.41) is 8.57. The number of carbonyl (C=O) groups is 2. The van der Waals surface area contributed by atoms with Crippen molar-refractivity contribution in [3.63, 3.8) is 0 Å². The van der Waals surface area contributed by atoms with Gasteiger partial charge in [-0.1, -0.05) is 12.1 Å². The van der Waals surface area contributed by atoms with Gasteiger partial charge in [0.05, 0.1) is 24.1 Å². The van der Waals surface area contributed by atoms with E-state index < -0.39 is 17.6 Å². The van der Waals surface area contributed by atoms with Gasteiger partial charge in [-0.15, -0.1) is 0 Å². The number of piperidine rings is 1. The highest BCUT2D eigenvalue weighted by Gasteiger charge is 2.35. The molecule has 2 rings (SSSR count). The lowest BCUT2D eigenvalue weighted by Crippen LogP contribution is -2.45. The van der Waals surface area contributed by atoms with E-state index in [1.165, 1.54) is 11.0 Å². The molecular weight excluding hydrogens is 259 g/mol. The first-order valence-corrected chi connectivity index (χ1v) is 6.52. The van der Waals surface area contributed by atoms with Gasteiger partial charge in [-0.25, -0.2) is 4.39 Å². The van der Waals surface area contributed by atoms with Gasteiger partial charge < -0.3 is 4.90 Å². The average molecular weight is 274 g/mol. The zero-order valence-corrected chi connectivity index (χ0v) is 11.2. The molecule has 1 aromatic rings. The third kappa shape index (κ3) is 2.55. The van der Waals surface area contributed by atoms with Crippen molar-refractivity contribution in [3.05, 3.63) is 29.6 Å². The van der Waals surface area contributed by atoms with Crippen molar-refractivity contribution in [3.8, 4) is 6.07 Å². The Balaban J connectivity index is 2.32. The molecule has 0 saturated carbocycles. The van der Waals surface area contributed by atoms with E-state index in [-0.39, 0.29) is 17.9 Å². The summed E-state index contributed by atoms with van der Waals surface area (Å²) in [6.45, 7) is 2.13. The molecule has 1 unspecified atom stereocenters. The molecule has 0 bridgehead atoms. The first-order chi connectivity index (χ1) is 9.56. The van der Waals surface area contributed by atoms with Crippen molar-refractivity contribution in [2.75, 3.05) is 11.4 Å². The number of hydrogen-bond donors (Lipinski definition) is 0. The number of Topliss-reactive ketones (excluding diaryl/α,β-unsaturated/α-hetero) is 1. The van der Waals surface area contributed by atoms with Crippen LogP contribution in [-0.4, -0.2) is 18.2 Å². The Morgan fingerprint density at radius 3 is 2.95 bits per heavy atom. The summed E-state index contributed by atoms with van der Waals surface area (Å²) in [6.07, 6.45) is 0.783. The van der Waals surface area contributed by atoms with Gasteiger partial charge in [0.2, 0.25) is 5.91 Å². The first-order valence-electron chi connectivity index (χ1n) is 6.52. The van der Waals surface area contributed by atoms with Gasteiger partial charge in [-0.2, -0.15) is 5.26 Å². The lowest BCUT2D eigenvalue weighted by molar-refractivity contribution is -0.133. The van der Waals surface area contributed by atoms with Crippen LogP contribution in [0.1, 0.15) is 24.8 Å². The zero-order valence-electron chi connectivity index (χ0n) is 11.2. The first kappa shape index (κ1) is 14.2. The molecule has 1 aromatic carbocycles. The molecule has 1 aliphatic heterocycles. The molecule has 1 atom stereocenters. The monoisotopic (exact) mass is 274 g/mol. The minimum Gasteiger partial charge on any atom is -0.309 e. The number of rotatable bonds is 3. The van der Waals surface area contributed by atoms with Gasteiger partial charge >= 0.3 is 0 Å². The summed E-state index contributed by atoms with van der Waals surface area (Å²) in [6, 6.07) is 6.38. The molecule has 0 spiro atoms. The van der Waals surface area contributed by atoms with E-state index in [1.54, 1.807) is 25.1 Å². The molecule has 0 aliphatic carbocycles. The van der Waals surface area contributed by atoms with E-state index >= 15 is 0 Å². The topological polar surface area (TPSA) is 61.2 Å². The van der Waals surface area contributed by atoms with Crippen LogP contribution in [0.4, 0.5) is 10.1 Å². The number of hydrogen-bond acceptors (Lipinski definition) is 3. The van der Waals surface area contributed by atoms with Crippen molar-refractivity contribution in [2.24, 2.45) is 5.92 Å². The Kier molecular flexibility index (Phi) is 4.14. The Labute approximate surface area is 116 Å². The van der Waals surface area contributed by atoms with Gasteiger partial charge in [0.1, 0.15) is 5.82 Å². The van der Waals surface area contributed by atoms with Gasteiger partial charge in [-0.05, 0) is 31.4 Å². The zero-order chi connectivity index (χ0) is 14.7. The second-order valence-corrected chi connectivity index (χ2v) is 4.89. The van der Waals surface area contributed by atoms with Crippen LogP contribution in [0.3, 0.4) is 0 Å². The summed E-state index contributed by atoms with van der Waals surface area (Å²) in [5.74, 6) is -2.06. The van der Waals surface area contributed by atoms with E-state index in [9.17, 15) is 14.0 Å². The number of anilines is 1. The standard InChI is InChI=1S/C15H15FN2O2/c1-10-4-2-6-12(16)14(10)18-9-3-5-11(15(18)20)13(19)7-8-17/h2,4,6,11H,3,5,7,9H2,1H3. The molecule has 1 heterocycles. The maximum atomic E-state index is 14.0. The Hall–Kier alpha value is -2.22. The molecule has 0 radical (unpaired) electrons. The minimum absolute atomic E-state index is 0.243.